The molecule has 0 atom stereocenters. The predicted octanol–water partition coefficient (Wildman–Crippen LogP) is 8.25. The van der Waals surface area contributed by atoms with E-state index in [-0.39, 0.29) is 0 Å². The van der Waals surface area contributed by atoms with Crippen LogP contribution in [0.25, 0.3) is 11.1 Å². The molecular formula is C28H41F2NO. The fraction of sp³-hybridized carbons (Fsp3) is 0.571. The molecule has 0 radical (unpaired) electrons. The SMILES string of the molecule is CCCN(CCC)CCCCCCCCCCOc1ccc(-c2cc(F)cc(F)c2)cc1. The number of benzene rings is 2. The summed E-state index contributed by atoms with van der Waals surface area (Å²) in [6.07, 6.45) is 12.7. The third-order valence-corrected chi connectivity index (χ3v) is 5.77. The summed E-state index contributed by atoms with van der Waals surface area (Å²) >= 11 is 0. The molecular weight excluding hydrogens is 404 g/mol. The van der Waals surface area contributed by atoms with Gasteiger partial charge in [0.25, 0.3) is 0 Å². The summed E-state index contributed by atoms with van der Waals surface area (Å²) in [6, 6.07) is 11.0. The Bertz CT molecular complexity index is 721. The quantitative estimate of drug-likeness (QED) is 0.227. The maximum atomic E-state index is 13.4. The minimum atomic E-state index is -0.564. The van der Waals surface area contributed by atoms with Crippen LogP contribution in [0.2, 0.25) is 0 Å². The van der Waals surface area contributed by atoms with Crippen LogP contribution in [0.15, 0.2) is 42.5 Å². The van der Waals surface area contributed by atoms with Crippen molar-refractivity contribution in [1.29, 1.82) is 0 Å². The average Bonchev–Trinajstić information content (AvgIpc) is 2.77. The molecule has 0 amide bonds. The first kappa shape index (κ1) is 26.3. The Hall–Kier alpha value is -1.94. The first-order valence-electron chi connectivity index (χ1n) is 12.5. The molecule has 0 unspecified atom stereocenters. The molecule has 2 rings (SSSR count). The van der Waals surface area contributed by atoms with E-state index >= 15 is 0 Å². The van der Waals surface area contributed by atoms with Gasteiger partial charge < -0.3 is 9.64 Å². The van der Waals surface area contributed by atoms with E-state index in [4.69, 9.17) is 4.74 Å². The van der Waals surface area contributed by atoms with Gasteiger partial charge in [-0.2, -0.15) is 0 Å². The van der Waals surface area contributed by atoms with Crippen LogP contribution in [-0.4, -0.2) is 31.1 Å². The van der Waals surface area contributed by atoms with Crippen LogP contribution >= 0.6 is 0 Å². The average molecular weight is 446 g/mol. The maximum Gasteiger partial charge on any atom is 0.126 e. The van der Waals surface area contributed by atoms with E-state index in [2.05, 4.69) is 18.7 Å². The summed E-state index contributed by atoms with van der Waals surface area (Å²) < 4.78 is 32.6. The fourth-order valence-corrected chi connectivity index (χ4v) is 4.12. The first-order chi connectivity index (χ1) is 15.6. The van der Waals surface area contributed by atoms with Crippen LogP contribution < -0.4 is 4.74 Å². The minimum absolute atomic E-state index is 0.535. The Morgan fingerprint density at radius 2 is 1.16 bits per heavy atom. The number of unbranched alkanes of at least 4 members (excludes halogenated alkanes) is 7. The summed E-state index contributed by atoms with van der Waals surface area (Å²) in [5, 5.41) is 0. The van der Waals surface area contributed by atoms with Crippen molar-refractivity contribution in [2.45, 2.75) is 78.1 Å². The van der Waals surface area contributed by atoms with Crippen LogP contribution in [0.3, 0.4) is 0 Å². The molecule has 0 aliphatic heterocycles. The van der Waals surface area contributed by atoms with Crippen molar-refractivity contribution >= 4 is 0 Å². The Labute approximate surface area is 194 Å². The summed E-state index contributed by atoms with van der Waals surface area (Å²) in [7, 11) is 0. The van der Waals surface area contributed by atoms with Gasteiger partial charge in [0.2, 0.25) is 0 Å². The van der Waals surface area contributed by atoms with Crippen molar-refractivity contribution in [1.82, 2.24) is 4.90 Å². The van der Waals surface area contributed by atoms with Crippen molar-refractivity contribution < 1.29 is 13.5 Å². The number of ether oxygens (including phenoxy) is 1. The van der Waals surface area contributed by atoms with Crippen molar-refractivity contribution in [2.24, 2.45) is 0 Å². The van der Waals surface area contributed by atoms with E-state index in [1.165, 1.54) is 89.6 Å². The lowest BCUT2D eigenvalue weighted by Gasteiger charge is -2.20. The van der Waals surface area contributed by atoms with E-state index in [0.717, 1.165) is 23.8 Å². The standard InChI is InChI=1S/C28H41F2NO/c1-3-17-31(18-4-2)19-11-9-7-5-6-8-10-12-20-32-28-15-13-24(14-16-28)25-21-26(29)23-27(30)22-25/h13-16,21-23H,3-12,17-20H2,1-2H3. The predicted molar refractivity (Wildman–Crippen MR) is 131 cm³/mol. The Kier molecular flexibility index (Phi) is 13.0. The molecule has 0 spiro atoms. The van der Waals surface area contributed by atoms with E-state index < -0.39 is 11.6 Å². The van der Waals surface area contributed by atoms with Gasteiger partial charge in [-0.05, 0) is 80.7 Å². The number of nitrogens with zero attached hydrogens (tertiary/aromatic N) is 1. The summed E-state index contributed by atoms with van der Waals surface area (Å²) in [4.78, 5) is 2.61. The molecule has 0 aliphatic carbocycles. The van der Waals surface area contributed by atoms with E-state index in [1.54, 1.807) is 0 Å². The molecule has 0 bridgehead atoms. The number of hydrogen-bond acceptors (Lipinski definition) is 2. The lowest BCUT2D eigenvalue weighted by Crippen LogP contribution is -2.26. The smallest absolute Gasteiger partial charge is 0.126 e. The molecule has 2 aromatic rings. The van der Waals surface area contributed by atoms with Gasteiger partial charge in [-0.25, -0.2) is 8.78 Å². The van der Waals surface area contributed by atoms with Crippen LogP contribution in [0.5, 0.6) is 5.75 Å². The van der Waals surface area contributed by atoms with Crippen molar-refractivity contribution in [3.63, 3.8) is 0 Å². The second-order valence-electron chi connectivity index (χ2n) is 8.70. The molecule has 2 aromatic carbocycles. The Balaban J connectivity index is 1.50. The third-order valence-electron chi connectivity index (χ3n) is 5.77. The van der Waals surface area contributed by atoms with Crippen molar-refractivity contribution in [3.8, 4) is 16.9 Å². The van der Waals surface area contributed by atoms with Gasteiger partial charge in [-0.3, -0.25) is 0 Å². The summed E-state index contributed by atoms with van der Waals surface area (Å²) in [5.41, 5.74) is 1.31. The van der Waals surface area contributed by atoms with Gasteiger partial charge in [0.15, 0.2) is 0 Å². The van der Waals surface area contributed by atoms with Gasteiger partial charge in [-0.15, -0.1) is 0 Å². The zero-order valence-corrected chi connectivity index (χ0v) is 20.1. The van der Waals surface area contributed by atoms with E-state index in [1.807, 2.05) is 24.3 Å². The third kappa shape index (κ3) is 10.6. The van der Waals surface area contributed by atoms with Crippen LogP contribution in [0.1, 0.15) is 78.1 Å². The highest BCUT2D eigenvalue weighted by atomic mass is 19.1. The van der Waals surface area contributed by atoms with Gasteiger partial charge in [0.1, 0.15) is 17.4 Å². The zero-order valence-electron chi connectivity index (χ0n) is 20.1. The molecule has 0 fully saturated rings. The Morgan fingerprint density at radius 3 is 1.72 bits per heavy atom. The number of hydrogen-bond donors (Lipinski definition) is 0. The highest BCUT2D eigenvalue weighted by Crippen LogP contribution is 2.24. The Morgan fingerprint density at radius 1 is 0.625 bits per heavy atom. The highest BCUT2D eigenvalue weighted by Gasteiger charge is 2.04. The molecule has 0 saturated carbocycles. The monoisotopic (exact) mass is 445 g/mol. The lowest BCUT2D eigenvalue weighted by molar-refractivity contribution is 0.267. The normalized spacial score (nSPS) is 11.3. The van der Waals surface area contributed by atoms with E-state index in [9.17, 15) is 8.78 Å². The lowest BCUT2D eigenvalue weighted by atomic mass is 10.1. The molecule has 178 valence electrons. The van der Waals surface area contributed by atoms with Gasteiger partial charge in [0.05, 0.1) is 6.61 Å². The van der Waals surface area contributed by atoms with Gasteiger partial charge >= 0.3 is 0 Å². The van der Waals surface area contributed by atoms with Crippen molar-refractivity contribution in [3.05, 3.63) is 54.1 Å². The molecule has 0 heterocycles. The number of halogens is 2. The molecule has 2 nitrogen and oxygen atoms in total. The molecule has 0 N–H and O–H groups in total. The molecule has 0 aliphatic rings. The fourth-order valence-electron chi connectivity index (χ4n) is 4.12. The molecule has 0 aromatic heterocycles. The van der Waals surface area contributed by atoms with Crippen LogP contribution in [0, 0.1) is 11.6 Å². The molecule has 0 saturated heterocycles. The maximum absolute atomic E-state index is 13.4. The van der Waals surface area contributed by atoms with Crippen LogP contribution in [0.4, 0.5) is 8.78 Å². The first-order valence-corrected chi connectivity index (χ1v) is 12.5. The van der Waals surface area contributed by atoms with Gasteiger partial charge in [-0.1, -0.05) is 64.5 Å². The largest absolute Gasteiger partial charge is 0.494 e. The summed E-state index contributed by atoms with van der Waals surface area (Å²) in [5.74, 6) is -0.331. The minimum Gasteiger partial charge on any atom is -0.494 e. The van der Waals surface area contributed by atoms with Crippen molar-refractivity contribution in [2.75, 3.05) is 26.2 Å². The van der Waals surface area contributed by atoms with E-state index in [0.29, 0.717) is 12.2 Å². The molecule has 4 heteroatoms. The topological polar surface area (TPSA) is 12.5 Å². The second-order valence-corrected chi connectivity index (χ2v) is 8.70. The zero-order chi connectivity index (χ0) is 23.0. The second kappa shape index (κ2) is 15.8. The van der Waals surface area contributed by atoms with Crippen LogP contribution in [-0.2, 0) is 0 Å². The number of rotatable bonds is 17. The summed E-state index contributed by atoms with van der Waals surface area (Å²) in [6.45, 7) is 8.99. The van der Waals surface area contributed by atoms with Gasteiger partial charge in [0, 0.05) is 6.07 Å². The highest BCUT2D eigenvalue weighted by molar-refractivity contribution is 5.64. The molecule has 32 heavy (non-hydrogen) atoms.